The van der Waals surface area contributed by atoms with Crippen LogP contribution in [-0.2, 0) is 21.5 Å². The molecule has 26 heavy (non-hydrogen) atoms. The van der Waals surface area contributed by atoms with Crippen LogP contribution in [0.1, 0.15) is 32.8 Å². The molecule has 2 aromatic carbocycles. The molecule has 1 atom stereocenters. The van der Waals surface area contributed by atoms with Gasteiger partial charge in [0, 0.05) is 19.5 Å². The van der Waals surface area contributed by atoms with Gasteiger partial charge in [-0.15, -0.1) is 0 Å². The van der Waals surface area contributed by atoms with Crippen LogP contribution in [0.3, 0.4) is 0 Å². The molecule has 2 aromatic rings. The van der Waals surface area contributed by atoms with Crippen molar-refractivity contribution < 1.29 is 21.8 Å². The molecular weight excluding hydrogens is 357 g/mol. The lowest BCUT2D eigenvalue weighted by molar-refractivity contribution is -0.131. The van der Waals surface area contributed by atoms with E-state index in [2.05, 4.69) is 0 Å². The quantitative estimate of drug-likeness (QED) is 0.688. The minimum atomic E-state index is -4.06. The Kier molecular flexibility index (Phi) is 6.37. The average molecular weight is 379 g/mol. The summed E-state index contributed by atoms with van der Waals surface area (Å²) < 4.78 is 42.7. The SMILES string of the molecule is CC[C@H](C)N(Cc1cccc(OS(=O)(=O)c2ccc(F)cc2)c1)C(C)=O. The fraction of sp³-hybridized carbons (Fsp3) is 0.316. The third-order valence-corrected chi connectivity index (χ3v) is 5.35. The van der Waals surface area contributed by atoms with Crippen molar-refractivity contribution in [1.82, 2.24) is 4.90 Å². The van der Waals surface area contributed by atoms with Crippen molar-refractivity contribution in [2.45, 2.75) is 44.7 Å². The zero-order chi connectivity index (χ0) is 19.3. The van der Waals surface area contributed by atoms with E-state index in [1.807, 2.05) is 13.8 Å². The third-order valence-electron chi connectivity index (χ3n) is 4.09. The molecule has 0 unspecified atom stereocenters. The van der Waals surface area contributed by atoms with Gasteiger partial charge in [-0.05, 0) is 55.3 Å². The summed E-state index contributed by atoms with van der Waals surface area (Å²) in [6, 6.07) is 11.1. The van der Waals surface area contributed by atoms with Gasteiger partial charge in [0.2, 0.25) is 5.91 Å². The molecule has 0 bridgehead atoms. The summed E-state index contributed by atoms with van der Waals surface area (Å²) in [6.45, 7) is 5.82. The lowest BCUT2D eigenvalue weighted by Crippen LogP contribution is -2.36. The second-order valence-corrected chi connectivity index (χ2v) is 7.59. The Morgan fingerprint density at radius 3 is 2.42 bits per heavy atom. The van der Waals surface area contributed by atoms with Crippen molar-refractivity contribution in [3.63, 3.8) is 0 Å². The third kappa shape index (κ3) is 5.05. The fourth-order valence-electron chi connectivity index (χ4n) is 2.47. The monoisotopic (exact) mass is 379 g/mol. The van der Waals surface area contributed by atoms with Crippen molar-refractivity contribution in [1.29, 1.82) is 0 Å². The van der Waals surface area contributed by atoms with Crippen molar-refractivity contribution in [3.05, 3.63) is 59.9 Å². The predicted molar refractivity (Wildman–Crippen MR) is 96.6 cm³/mol. The van der Waals surface area contributed by atoms with Gasteiger partial charge in [-0.25, -0.2) is 4.39 Å². The summed E-state index contributed by atoms with van der Waals surface area (Å²) >= 11 is 0. The number of rotatable bonds is 7. The maximum absolute atomic E-state index is 13.0. The Morgan fingerprint density at radius 1 is 1.19 bits per heavy atom. The Hall–Kier alpha value is -2.41. The van der Waals surface area contributed by atoms with Crippen molar-refractivity contribution in [2.24, 2.45) is 0 Å². The minimum Gasteiger partial charge on any atom is -0.379 e. The molecule has 0 saturated carbocycles. The zero-order valence-electron chi connectivity index (χ0n) is 15.0. The van der Waals surface area contributed by atoms with Gasteiger partial charge in [0.15, 0.2) is 0 Å². The van der Waals surface area contributed by atoms with Crippen LogP contribution >= 0.6 is 0 Å². The Morgan fingerprint density at radius 2 is 1.85 bits per heavy atom. The zero-order valence-corrected chi connectivity index (χ0v) is 15.8. The van der Waals surface area contributed by atoms with Gasteiger partial charge >= 0.3 is 10.1 Å². The Bertz CT molecular complexity index is 865. The number of amides is 1. The largest absolute Gasteiger partial charge is 0.379 e. The van der Waals surface area contributed by atoms with Crippen LogP contribution in [0.4, 0.5) is 4.39 Å². The maximum Gasteiger partial charge on any atom is 0.339 e. The molecule has 0 radical (unpaired) electrons. The Balaban J connectivity index is 2.21. The normalized spacial score (nSPS) is 12.5. The molecule has 0 spiro atoms. The lowest BCUT2D eigenvalue weighted by atomic mass is 10.1. The summed E-state index contributed by atoms with van der Waals surface area (Å²) in [5.41, 5.74) is 0.757. The van der Waals surface area contributed by atoms with Gasteiger partial charge in [0.1, 0.15) is 16.5 Å². The minimum absolute atomic E-state index is 0.0513. The highest BCUT2D eigenvalue weighted by Crippen LogP contribution is 2.21. The van der Waals surface area contributed by atoms with E-state index in [9.17, 15) is 17.6 Å². The molecule has 0 aliphatic rings. The first-order valence-electron chi connectivity index (χ1n) is 8.29. The number of hydrogen-bond acceptors (Lipinski definition) is 4. The number of halogens is 1. The van der Waals surface area contributed by atoms with E-state index in [-0.39, 0.29) is 22.6 Å². The number of nitrogens with zero attached hydrogens (tertiary/aromatic N) is 1. The fourth-order valence-corrected chi connectivity index (χ4v) is 3.39. The van der Waals surface area contributed by atoms with Gasteiger partial charge in [0.05, 0.1) is 0 Å². The van der Waals surface area contributed by atoms with E-state index in [1.54, 1.807) is 23.1 Å². The molecule has 1 amide bonds. The molecule has 5 nitrogen and oxygen atoms in total. The van der Waals surface area contributed by atoms with Crippen molar-refractivity contribution >= 4 is 16.0 Å². The molecule has 0 aliphatic heterocycles. The van der Waals surface area contributed by atoms with Gasteiger partial charge in [-0.3, -0.25) is 4.79 Å². The van der Waals surface area contributed by atoms with Gasteiger partial charge in [-0.2, -0.15) is 8.42 Å². The molecule has 2 rings (SSSR count). The maximum atomic E-state index is 13.0. The van der Waals surface area contributed by atoms with E-state index in [1.165, 1.54) is 13.0 Å². The predicted octanol–water partition coefficient (Wildman–Crippen LogP) is 3.74. The first-order chi connectivity index (χ1) is 12.2. The van der Waals surface area contributed by atoms with Crippen LogP contribution in [0.5, 0.6) is 5.75 Å². The highest BCUT2D eigenvalue weighted by atomic mass is 32.2. The van der Waals surface area contributed by atoms with E-state index in [4.69, 9.17) is 4.18 Å². The smallest absolute Gasteiger partial charge is 0.339 e. The molecule has 0 saturated heterocycles. The number of carbonyl (C=O) groups excluding carboxylic acids is 1. The first-order valence-corrected chi connectivity index (χ1v) is 9.70. The summed E-state index contributed by atoms with van der Waals surface area (Å²) in [4.78, 5) is 13.4. The topological polar surface area (TPSA) is 63.7 Å². The molecule has 0 aliphatic carbocycles. The summed E-state index contributed by atoms with van der Waals surface area (Å²) in [5, 5.41) is 0. The average Bonchev–Trinajstić information content (AvgIpc) is 2.59. The van der Waals surface area contributed by atoms with E-state index >= 15 is 0 Å². The second kappa shape index (κ2) is 8.31. The molecule has 0 N–H and O–H groups in total. The van der Waals surface area contributed by atoms with E-state index < -0.39 is 15.9 Å². The highest BCUT2D eigenvalue weighted by molar-refractivity contribution is 7.87. The van der Waals surface area contributed by atoms with Crippen LogP contribution in [0, 0.1) is 5.82 Å². The summed E-state index contributed by atoms with van der Waals surface area (Å²) in [5.74, 6) is -0.440. The number of carbonyl (C=O) groups is 1. The number of hydrogen-bond donors (Lipinski definition) is 0. The van der Waals surface area contributed by atoms with Crippen LogP contribution in [0.25, 0.3) is 0 Å². The number of benzene rings is 2. The van der Waals surface area contributed by atoms with Gasteiger partial charge < -0.3 is 9.08 Å². The van der Waals surface area contributed by atoms with Crippen molar-refractivity contribution in [2.75, 3.05) is 0 Å². The molecule has 7 heteroatoms. The lowest BCUT2D eigenvalue weighted by Gasteiger charge is -2.27. The van der Waals surface area contributed by atoms with Gasteiger partial charge in [0.25, 0.3) is 0 Å². The second-order valence-electron chi connectivity index (χ2n) is 6.04. The van der Waals surface area contributed by atoms with Gasteiger partial charge in [-0.1, -0.05) is 19.1 Å². The molecule has 0 fully saturated rings. The molecular formula is C19H22FNO4S. The first kappa shape index (κ1) is 19.9. The standard InChI is InChI=1S/C19H22FNO4S/c1-4-14(2)21(15(3)22)13-16-6-5-7-18(12-16)25-26(23,24)19-10-8-17(20)9-11-19/h5-12,14H,4,13H2,1-3H3/t14-/m0/s1. The summed E-state index contributed by atoms with van der Waals surface area (Å²) in [7, 11) is -4.06. The molecule has 140 valence electrons. The van der Waals surface area contributed by atoms with Crippen LogP contribution in [-0.4, -0.2) is 25.3 Å². The van der Waals surface area contributed by atoms with Crippen LogP contribution < -0.4 is 4.18 Å². The van der Waals surface area contributed by atoms with Crippen molar-refractivity contribution in [3.8, 4) is 5.75 Å². The van der Waals surface area contributed by atoms with E-state index in [0.717, 1.165) is 36.2 Å². The molecule has 0 heterocycles. The molecule has 0 aromatic heterocycles. The van der Waals surface area contributed by atoms with E-state index in [0.29, 0.717) is 6.54 Å². The highest BCUT2D eigenvalue weighted by Gasteiger charge is 2.18. The van der Waals surface area contributed by atoms with Crippen LogP contribution in [0.15, 0.2) is 53.4 Å². The summed E-state index contributed by atoms with van der Waals surface area (Å²) in [6.07, 6.45) is 0.814. The van der Waals surface area contributed by atoms with Crippen LogP contribution in [0.2, 0.25) is 0 Å². The Labute approximate surface area is 153 Å².